The summed E-state index contributed by atoms with van der Waals surface area (Å²) in [6.07, 6.45) is 2.36. The van der Waals surface area contributed by atoms with E-state index in [1.165, 1.54) is 6.07 Å². The van der Waals surface area contributed by atoms with Crippen molar-refractivity contribution in [2.75, 3.05) is 5.32 Å². The Morgan fingerprint density at radius 2 is 2.05 bits per heavy atom. The van der Waals surface area contributed by atoms with E-state index in [2.05, 4.69) is 17.2 Å². The van der Waals surface area contributed by atoms with Gasteiger partial charge in [-0.25, -0.2) is 9.59 Å². The largest absolute Gasteiger partial charge is 0.478 e. The molecule has 3 N–H and O–H groups in total. The summed E-state index contributed by atoms with van der Waals surface area (Å²) in [5, 5.41) is 14.5. The third-order valence-electron chi connectivity index (χ3n) is 2.85. The first kappa shape index (κ1) is 15.8. The third kappa shape index (κ3) is 4.12. The van der Waals surface area contributed by atoms with E-state index in [1.54, 1.807) is 13.0 Å². The van der Waals surface area contributed by atoms with Crippen molar-refractivity contribution in [3.63, 3.8) is 0 Å². The highest BCUT2D eigenvalue weighted by Crippen LogP contribution is 2.22. The second kappa shape index (κ2) is 6.75. The van der Waals surface area contributed by atoms with Gasteiger partial charge in [0.25, 0.3) is 0 Å². The van der Waals surface area contributed by atoms with Crippen molar-refractivity contribution in [3.05, 3.63) is 41.5 Å². The van der Waals surface area contributed by atoms with E-state index in [9.17, 15) is 14.7 Å². The number of urea groups is 1. The van der Waals surface area contributed by atoms with Gasteiger partial charge in [-0.05, 0) is 44.4 Å². The molecule has 0 spiro atoms. The summed E-state index contributed by atoms with van der Waals surface area (Å²) in [7, 11) is 0. The van der Waals surface area contributed by atoms with Gasteiger partial charge in [-0.2, -0.15) is 0 Å². The van der Waals surface area contributed by atoms with Gasteiger partial charge in [0.1, 0.15) is 0 Å². The number of aromatic carboxylic acids is 1. The van der Waals surface area contributed by atoms with Crippen molar-refractivity contribution < 1.29 is 14.7 Å². The first-order chi connectivity index (χ1) is 9.35. The normalized spacial score (nSPS) is 11.6. The zero-order valence-corrected chi connectivity index (χ0v) is 12.0. The molecule has 0 aliphatic rings. The molecule has 0 aromatic heterocycles. The predicted octanol–water partition coefficient (Wildman–Crippen LogP) is 3.09. The molecule has 20 heavy (non-hydrogen) atoms. The first-order valence-electron chi connectivity index (χ1n) is 6.38. The van der Waals surface area contributed by atoms with E-state index in [0.717, 1.165) is 5.56 Å². The standard InChI is InChI=1S/C15H20N2O3/c1-5-6-11(4)16-15(20)17-13-10(3)7-9(2)8-12(13)14(18)19/h5,7-8,11H,1,6H2,2-4H3,(H,18,19)(H2,16,17,20). The molecule has 1 atom stereocenters. The zero-order valence-electron chi connectivity index (χ0n) is 12.0. The fourth-order valence-electron chi connectivity index (χ4n) is 1.98. The lowest BCUT2D eigenvalue weighted by molar-refractivity contribution is 0.0698. The molecule has 0 aliphatic heterocycles. The van der Waals surface area contributed by atoms with Crippen LogP contribution < -0.4 is 10.6 Å². The molecule has 0 saturated carbocycles. The van der Waals surface area contributed by atoms with E-state index < -0.39 is 12.0 Å². The Kier molecular flexibility index (Phi) is 5.32. The fourth-order valence-corrected chi connectivity index (χ4v) is 1.98. The second-order valence-corrected chi connectivity index (χ2v) is 4.83. The van der Waals surface area contributed by atoms with Crippen LogP contribution in [0, 0.1) is 13.8 Å². The molecular formula is C15H20N2O3. The van der Waals surface area contributed by atoms with Gasteiger partial charge >= 0.3 is 12.0 Å². The van der Waals surface area contributed by atoms with E-state index in [0.29, 0.717) is 17.7 Å². The summed E-state index contributed by atoms with van der Waals surface area (Å²) in [6, 6.07) is 2.88. The Labute approximate surface area is 118 Å². The highest BCUT2D eigenvalue weighted by molar-refractivity contribution is 6.01. The number of carboxylic acid groups (broad SMARTS) is 1. The van der Waals surface area contributed by atoms with Crippen LogP contribution in [0.1, 0.15) is 34.8 Å². The number of hydrogen-bond acceptors (Lipinski definition) is 2. The molecule has 0 bridgehead atoms. The van der Waals surface area contributed by atoms with Gasteiger partial charge in [0.05, 0.1) is 11.3 Å². The highest BCUT2D eigenvalue weighted by atomic mass is 16.4. The SMILES string of the molecule is C=CCC(C)NC(=O)Nc1c(C)cc(C)cc1C(=O)O. The molecule has 0 fully saturated rings. The Hall–Kier alpha value is -2.30. The van der Waals surface area contributed by atoms with Crippen LogP contribution in [0.3, 0.4) is 0 Å². The summed E-state index contributed by atoms with van der Waals surface area (Å²) in [4.78, 5) is 23.1. The molecular weight excluding hydrogens is 256 g/mol. The monoisotopic (exact) mass is 276 g/mol. The molecule has 108 valence electrons. The molecule has 0 heterocycles. The summed E-state index contributed by atoms with van der Waals surface area (Å²) in [6.45, 7) is 9.03. The van der Waals surface area contributed by atoms with Gasteiger partial charge in [0.2, 0.25) is 0 Å². The molecule has 1 aromatic carbocycles. The summed E-state index contributed by atoms with van der Waals surface area (Å²) in [5.74, 6) is -1.06. The van der Waals surface area contributed by atoms with E-state index >= 15 is 0 Å². The topological polar surface area (TPSA) is 78.4 Å². The molecule has 5 nitrogen and oxygen atoms in total. The van der Waals surface area contributed by atoms with Crippen molar-refractivity contribution in [3.8, 4) is 0 Å². The number of carbonyl (C=O) groups excluding carboxylic acids is 1. The smallest absolute Gasteiger partial charge is 0.337 e. The molecule has 1 unspecified atom stereocenters. The lowest BCUT2D eigenvalue weighted by atomic mass is 10.0. The molecule has 2 amide bonds. The number of carboxylic acids is 1. The van der Waals surface area contributed by atoms with Crippen LogP contribution in [0.4, 0.5) is 10.5 Å². The second-order valence-electron chi connectivity index (χ2n) is 4.83. The highest BCUT2D eigenvalue weighted by Gasteiger charge is 2.16. The molecule has 0 aliphatic carbocycles. The van der Waals surface area contributed by atoms with Gasteiger partial charge < -0.3 is 15.7 Å². The predicted molar refractivity (Wildman–Crippen MR) is 79.3 cm³/mol. The van der Waals surface area contributed by atoms with E-state index in [1.807, 2.05) is 19.9 Å². The number of nitrogens with one attached hydrogen (secondary N) is 2. The van der Waals surface area contributed by atoms with Crippen LogP contribution in [-0.2, 0) is 0 Å². The minimum absolute atomic E-state index is 0.0634. The minimum atomic E-state index is -1.06. The van der Waals surface area contributed by atoms with Crippen LogP contribution in [0.25, 0.3) is 0 Å². The zero-order chi connectivity index (χ0) is 15.3. The first-order valence-corrected chi connectivity index (χ1v) is 6.38. The van der Waals surface area contributed by atoms with Crippen molar-refractivity contribution in [1.29, 1.82) is 0 Å². The lowest BCUT2D eigenvalue weighted by Gasteiger charge is -2.16. The number of carbonyl (C=O) groups is 2. The van der Waals surface area contributed by atoms with Gasteiger partial charge in [-0.1, -0.05) is 12.1 Å². The van der Waals surface area contributed by atoms with Gasteiger partial charge in [-0.3, -0.25) is 0 Å². The van der Waals surface area contributed by atoms with E-state index in [-0.39, 0.29) is 11.6 Å². The Balaban J connectivity index is 2.94. The van der Waals surface area contributed by atoms with Crippen LogP contribution >= 0.6 is 0 Å². The van der Waals surface area contributed by atoms with Crippen LogP contribution in [0.2, 0.25) is 0 Å². The van der Waals surface area contributed by atoms with Crippen LogP contribution in [0.5, 0.6) is 0 Å². The maximum absolute atomic E-state index is 11.9. The van der Waals surface area contributed by atoms with Crippen LogP contribution in [0.15, 0.2) is 24.8 Å². The van der Waals surface area contributed by atoms with Crippen molar-refractivity contribution in [1.82, 2.24) is 5.32 Å². The third-order valence-corrected chi connectivity index (χ3v) is 2.85. The van der Waals surface area contributed by atoms with Gasteiger partial charge in [-0.15, -0.1) is 6.58 Å². The quantitative estimate of drug-likeness (QED) is 0.723. The summed E-state index contributed by atoms with van der Waals surface area (Å²) >= 11 is 0. The average Bonchev–Trinajstić information content (AvgIpc) is 2.32. The number of rotatable bonds is 5. The number of anilines is 1. The van der Waals surface area contributed by atoms with Gasteiger partial charge in [0.15, 0.2) is 0 Å². The lowest BCUT2D eigenvalue weighted by Crippen LogP contribution is -2.36. The maximum Gasteiger partial charge on any atom is 0.337 e. The van der Waals surface area contributed by atoms with Gasteiger partial charge in [0, 0.05) is 6.04 Å². The van der Waals surface area contributed by atoms with Crippen LogP contribution in [-0.4, -0.2) is 23.1 Å². The number of amides is 2. The van der Waals surface area contributed by atoms with E-state index in [4.69, 9.17) is 0 Å². The minimum Gasteiger partial charge on any atom is -0.478 e. The Bertz CT molecular complexity index is 538. The summed E-state index contributed by atoms with van der Waals surface area (Å²) in [5.41, 5.74) is 1.97. The molecule has 0 radical (unpaired) electrons. The average molecular weight is 276 g/mol. The van der Waals surface area contributed by atoms with Crippen molar-refractivity contribution in [2.24, 2.45) is 0 Å². The fraction of sp³-hybridized carbons (Fsp3) is 0.333. The molecule has 1 rings (SSSR count). The maximum atomic E-state index is 11.9. The molecule has 0 saturated heterocycles. The molecule has 1 aromatic rings. The number of hydrogen-bond donors (Lipinski definition) is 3. The Morgan fingerprint density at radius 3 is 2.60 bits per heavy atom. The Morgan fingerprint density at radius 1 is 1.40 bits per heavy atom. The number of aryl methyl sites for hydroxylation is 2. The number of benzene rings is 1. The molecule has 5 heteroatoms. The van der Waals surface area contributed by atoms with Crippen molar-refractivity contribution in [2.45, 2.75) is 33.2 Å². The summed E-state index contributed by atoms with van der Waals surface area (Å²) < 4.78 is 0. The van der Waals surface area contributed by atoms with Crippen molar-refractivity contribution >= 4 is 17.7 Å².